The quantitative estimate of drug-likeness (QED) is 0.598. The zero-order valence-corrected chi connectivity index (χ0v) is 12.6. The molecule has 1 aromatic carbocycles. The topological polar surface area (TPSA) is 77.5 Å². The number of nitrogens with one attached hydrogen (secondary N) is 2. The number of benzene rings is 1. The van der Waals surface area contributed by atoms with Gasteiger partial charge >= 0.3 is 0 Å². The van der Waals surface area contributed by atoms with Crippen LogP contribution in [0.1, 0.15) is 26.0 Å². The van der Waals surface area contributed by atoms with E-state index in [1.54, 1.807) is 0 Å². The second kappa shape index (κ2) is 7.45. The van der Waals surface area contributed by atoms with Crippen LogP contribution in [-0.4, -0.2) is 40.5 Å². The first-order valence-corrected chi connectivity index (χ1v) is 7.39. The van der Waals surface area contributed by atoms with E-state index in [0.717, 1.165) is 23.0 Å². The fourth-order valence-electron chi connectivity index (χ4n) is 2.12. The van der Waals surface area contributed by atoms with Gasteiger partial charge in [0.05, 0.1) is 6.61 Å². The first-order valence-electron chi connectivity index (χ1n) is 7.39. The lowest BCUT2D eigenvalue weighted by Gasteiger charge is -2.16. The Hall–Kier alpha value is -1.56. The first kappa shape index (κ1) is 15.8. The molecule has 1 heterocycles. The molecule has 0 aliphatic heterocycles. The van der Waals surface area contributed by atoms with Gasteiger partial charge in [0.25, 0.3) is 0 Å². The number of aromatic amines is 1. The van der Waals surface area contributed by atoms with Gasteiger partial charge < -0.3 is 25.3 Å². The molecule has 2 aromatic rings. The molecule has 0 fully saturated rings. The molecule has 2 unspecified atom stereocenters. The van der Waals surface area contributed by atoms with Gasteiger partial charge in [0, 0.05) is 29.2 Å². The number of ether oxygens (including phenoxy) is 1. The van der Waals surface area contributed by atoms with Crippen molar-refractivity contribution in [3.63, 3.8) is 0 Å². The predicted octanol–water partition coefficient (Wildman–Crippen LogP) is 1.79. The number of hydrogen-bond donors (Lipinski definition) is 4. The van der Waals surface area contributed by atoms with Gasteiger partial charge in [-0.3, -0.25) is 0 Å². The summed E-state index contributed by atoms with van der Waals surface area (Å²) < 4.78 is 5.71. The SMILES string of the molecule is CCC(C)NCC(O)COc1cccc2[nH]c(CO)cc12. The molecule has 0 aliphatic carbocycles. The van der Waals surface area contributed by atoms with E-state index in [4.69, 9.17) is 4.74 Å². The Kier molecular flexibility index (Phi) is 5.61. The molecule has 0 saturated heterocycles. The highest BCUT2D eigenvalue weighted by atomic mass is 16.5. The second-order valence-corrected chi connectivity index (χ2v) is 5.35. The molecule has 116 valence electrons. The van der Waals surface area contributed by atoms with Gasteiger partial charge in [-0.05, 0) is 31.5 Å². The number of rotatable bonds is 8. The summed E-state index contributed by atoms with van der Waals surface area (Å²) in [5, 5.41) is 23.3. The van der Waals surface area contributed by atoms with E-state index in [1.807, 2.05) is 24.3 Å². The van der Waals surface area contributed by atoms with Gasteiger partial charge in [-0.15, -0.1) is 0 Å². The molecule has 0 aliphatic rings. The van der Waals surface area contributed by atoms with Crippen LogP contribution < -0.4 is 10.1 Å². The maximum atomic E-state index is 9.94. The van der Waals surface area contributed by atoms with E-state index in [9.17, 15) is 10.2 Å². The van der Waals surface area contributed by atoms with Crippen molar-refractivity contribution < 1.29 is 14.9 Å². The Morgan fingerprint density at radius 2 is 2.19 bits per heavy atom. The van der Waals surface area contributed by atoms with E-state index in [0.29, 0.717) is 18.3 Å². The van der Waals surface area contributed by atoms with Crippen molar-refractivity contribution in [3.05, 3.63) is 30.0 Å². The highest BCUT2D eigenvalue weighted by molar-refractivity contribution is 5.86. The number of fused-ring (bicyclic) bond motifs is 1. The van der Waals surface area contributed by atoms with Crippen LogP contribution in [0, 0.1) is 0 Å². The van der Waals surface area contributed by atoms with Crippen LogP contribution in [0.3, 0.4) is 0 Å². The molecule has 4 N–H and O–H groups in total. The molecule has 5 heteroatoms. The molecule has 0 spiro atoms. The van der Waals surface area contributed by atoms with Crippen molar-refractivity contribution in [3.8, 4) is 5.75 Å². The lowest BCUT2D eigenvalue weighted by atomic mass is 10.2. The summed E-state index contributed by atoms with van der Waals surface area (Å²) in [4.78, 5) is 3.12. The zero-order chi connectivity index (χ0) is 15.2. The standard InChI is InChI=1S/C16H24N2O3/c1-3-11(2)17-8-13(20)10-21-16-6-4-5-15-14(16)7-12(9-19)18-15/h4-7,11,13,17-20H,3,8-10H2,1-2H3. The van der Waals surface area contributed by atoms with Crippen molar-refractivity contribution in [2.45, 2.75) is 39.0 Å². The molecule has 1 aromatic heterocycles. The summed E-state index contributed by atoms with van der Waals surface area (Å²) in [6.45, 7) is 4.91. The number of aromatic nitrogens is 1. The van der Waals surface area contributed by atoms with Crippen molar-refractivity contribution in [2.24, 2.45) is 0 Å². The largest absolute Gasteiger partial charge is 0.490 e. The van der Waals surface area contributed by atoms with E-state index < -0.39 is 6.10 Å². The molecule has 5 nitrogen and oxygen atoms in total. The van der Waals surface area contributed by atoms with Gasteiger partial charge in [0.2, 0.25) is 0 Å². The fraction of sp³-hybridized carbons (Fsp3) is 0.500. The number of hydrogen-bond acceptors (Lipinski definition) is 4. The van der Waals surface area contributed by atoms with E-state index in [-0.39, 0.29) is 13.2 Å². The Bertz CT molecular complexity index is 568. The van der Waals surface area contributed by atoms with E-state index >= 15 is 0 Å². The molecule has 0 saturated carbocycles. The van der Waals surface area contributed by atoms with Gasteiger partial charge in [0.15, 0.2) is 0 Å². The highest BCUT2D eigenvalue weighted by Crippen LogP contribution is 2.26. The normalized spacial score (nSPS) is 14.3. The van der Waals surface area contributed by atoms with Gasteiger partial charge in [-0.2, -0.15) is 0 Å². The summed E-state index contributed by atoms with van der Waals surface area (Å²) in [6.07, 6.45) is 0.477. The summed E-state index contributed by atoms with van der Waals surface area (Å²) in [6, 6.07) is 7.95. The molecule has 2 rings (SSSR count). The van der Waals surface area contributed by atoms with Crippen molar-refractivity contribution in [1.82, 2.24) is 10.3 Å². The van der Waals surface area contributed by atoms with Crippen LogP contribution in [-0.2, 0) is 6.61 Å². The first-order chi connectivity index (χ1) is 10.1. The highest BCUT2D eigenvalue weighted by Gasteiger charge is 2.10. The summed E-state index contributed by atoms with van der Waals surface area (Å²) in [5.41, 5.74) is 1.67. The number of aliphatic hydroxyl groups is 2. The second-order valence-electron chi connectivity index (χ2n) is 5.35. The molecular weight excluding hydrogens is 268 g/mol. The van der Waals surface area contributed by atoms with Crippen molar-refractivity contribution in [2.75, 3.05) is 13.2 Å². The minimum Gasteiger partial charge on any atom is -0.490 e. The van der Waals surface area contributed by atoms with Crippen LogP contribution in [0.2, 0.25) is 0 Å². The molecule has 21 heavy (non-hydrogen) atoms. The van der Waals surface area contributed by atoms with Crippen LogP contribution in [0.4, 0.5) is 0 Å². The maximum absolute atomic E-state index is 9.94. The minimum atomic E-state index is -0.550. The van der Waals surface area contributed by atoms with Gasteiger partial charge in [-0.1, -0.05) is 13.0 Å². The number of aliphatic hydroxyl groups excluding tert-OH is 2. The molecular formula is C16H24N2O3. The van der Waals surface area contributed by atoms with Crippen molar-refractivity contribution in [1.29, 1.82) is 0 Å². The Morgan fingerprint density at radius 1 is 1.38 bits per heavy atom. The van der Waals surface area contributed by atoms with Gasteiger partial charge in [0.1, 0.15) is 18.5 Å². The summed E-state index contributed by atoms with van der Waals surface area (Å²) in [7, 11) is 0. The zero-order valence-electron chi connectivity index (χ0n) is 12.6. The Labute approximate surface area is 124 Å². The monoisotopic (exact) mass is 292 g/mol. The third-order valence-electron chi connectivity index (χ3n) is 3.60. The van der Waals surface area contributed by atoms with Gasteiger partial charge in [-0.25, -0.2) is 0 Å². The van der Waals surface area contributed by atoms with E-state index in [2.05, 4.69) is 24.1 Å². The van der Waals surface area contributed by atoms with Crippen LogP contribution in [0.25, 0.3) is 10.9 Å². The van der Waals surface area contributed by atoms with Crippen molar-refractivity contribution >= 4 is 10.9 Å². The number of H-pyrrole nitrogens is 1. The predicted molar refractivity (Wildman–Crippen MR) is 83.5 cm³/mol. The Balaban J connectivity index is 1.95. The van der Waals surface area contributed by atoms with Crippen LogP contribution in [0.5, 0.6) is 5.75 Å². The molecule has 0 radical (unpaired) electrons. The summed E-state index contributed by atoms with van der Waals surface area (Å²) in [5.74, 6) is 0.714. The maximum Gasteiger partial charge on any atom is 0.128 e. The average molecular weight is 292 g/mol. The third-order valence-corrected chi connectivity index (χ3v) is 3.60. The molecule has 0 bridgehead atoms. The summed E-state index contributed by atoms with van der Waals surface area (Å²) >= 11 is 0. The minimum absolute atomic E-state index is 0.0322. The fourth-order valence-corrected chi connectivity index (χ4v) is 2.12. The third kappa shape index (κ3) is 4.20. The molecule has 0 amide bonds. The lowest BCUT2D eigenvalue weighted by Crippen LogP contribution is -2.36. The Morgan fingerprint density at radius 3 is 2.90 bits per heavy atom. The van der Waals surface area contributed by atoms with Crippen LogP contribution in [0.15, 0.2) is 24.3 Å². The average Bonchev–Trinajstić information content (AvgIpc) is 2.94. The van der Waals surface area contributed by atoms with E-state index in [1.165, 1.54) is 0 Å². The smallest absolute Gasteiger partial charge is 0.128 e. The van der Waals surface area contributed by atoms with Crippen LogP contribution >= 0.6 is 0 Å². The molecule has 2 atom stereocenters. The lowest BCUT2D eigenvalue weighted by molar-refractivity contribution is 0.105.